The number of carbonyl (C=O) groups is 1. The molecule has 9 heteroatoms. The molecule has 0 heterocycles. The van der Waals surface area contributed by atoms with Crippen molar-refractivity contribution in [2.24, 2.45) is 0 Å². The highest BCUT2D eigenvalue weighted by Gasteiger charge is 2.24. The van der Waals surface area contributed by atoms with Crippen molar-refractivity contribution in [1.29, 1.82) is 0 Å². The number of unbranched alkanes of at least 4 members (excludes halogenated alkanes) is 19. The molecule has 0 spiro atoms. The molecule has 1 unspecified atom stereocenters. The maximum atomic E-state index is 12.8. The van der Waals surface area contributed by atoms with Crippen molar-refractivity contribution in [3.63, 3.8) is 0 Å². The molecule has 0 rings (SSSR count). The maximum Gasteiger partial charge on any atom is 0.268 e. The Morgan fingerprint density at radius 3 is 1.70 bits per heavy atom. The van der Waals surface area contributed by atoms with Crippen molar-refractivity contribution in [3.05, 3.63) is 12.2 Å². The van der Waals surface area contributed by atoms with Gasteiger partial charge in [0.15, 0.2) is 0 Å². The number of aliphatic hydroxyl groups is 1. The van der Waals surface area contributed by atoms with Crippen LogP contribution in [0.5, 0.6) is 0 Å². The summed E-state index contributed by atoms with van der Waals surface area (Å²) in [4.78, 5) is 25.1. The van der Waals surface area contributed by atoms with E-state index in [0.717, 1.165) is 51.4 Å². The molecule has 1 amide bonds. The lowest BCUT2D eigenvalue weighted by Crippen LogP contribution is -2.46. The number of allylic oxidation sites excluding steroid dienone is 2. The van der Waals surface area contributed by atoms with Crippen molar-refractivity contribution >= 4 is 13.7 Å². The average Bonchev–Trinajstić information content (AvgIpc) is 2.99. The Morgan fingerprint density at radius 1 is 0.739 bits per heavy atom. The van der Waals surface area contributed by atoms with Crippen molar-refractivity contribution in [3.8, 4) is 0 Å². The summed E-state index contributed by atoms with van der Waals surface area (Å²) in [6, 6.07) is -0.797. The molecule has 0 saturated carbocycles. The fourth-order valence-electron chi connectivity index (χ4n) is 5.38. The number of rotatable bonds is 34. The van der Waals surface area contributed by atoms with Gasteiger partial charge in [0.1, 0.15) is 13.2 Å². The van der Waals surface area contributed by atoms with Gasteiger partial charge in [-0.25, -0.2) is 0 Å². The van der Waals surface area contributed by atoms with Gasteiger partial charge in [-0.2, -0.15) is 0 Å². The molecular formula is C37H75N2O6P. The van der Waals surface area contributed by atoms with Gasteiger partial charge in [-0.05, 0) is 38.5 Å². The van der Waals surface area contributed by atoms with Crippen LogP contribution in [0.3, 0.4) is 0 Å². The highest BCUT2D eigenvalue weighted by atomic mass is 31.2. The number of likely N-dealkylation sites (N-methyl/N-ethyl adjacent to an activating group) is 1. The average molecular weight is 675 g/mol. The first-order valence-corrected chi connectivity index (χ1v) is 20.5. The minimum atomic E-state index is -4.55. The summed E-state index contributed by atoms with van der Waals surface area (Å²) in [7, 11) is 1.30. The topological polar surface area (TPSA) is 108 Å². The van der Waals surface area contributed by atoms with Crippen molar-refractivity contribution in [1.82, 2.24) is 5.32 Å². The number of hydrogen-bond donors (Lipinski definition) is 2. The van der Waals surface area contributed by atoms with Gasteiger partial charge in [0.05, 0.1) is 39.9 Å². The van der Waals surface area contributed by atoms with Crippen LogP contribution in [0, 0.1) is 0 Å². The van der Waals surface area contributed by atoms with E-state index in [4.69, 9.17) is 9.05 Å². The first-order chi connectivity index (χ1) is 22.0. The Bertz CT molecular complexity index is 773. The van der Waals surface area contributed by atoms with Crippen LogP contribution in [0.2, 0.25) is 0 Å². The van der Waals surface area contributed by atoms with E-state index < -0.39 is 20.0 Å². The maximum absolute atomic E-state index is 12.8. The molecule has 46 heavy (non-hydrogen) atoms. The molecular weight excluding hydrogens is 599 g/mol. The Kier molecular flexibility index (Phi) is 29.8. The molecule has 0 radical (unpaired) electrons. The zero-order valence-electron chi connectivity index (χ0n) is 30.8. The Hall–Kier alpha value is -0.760. The zero-order valence-corrected chi connectivity index (χ0v) is 31.7. The van der Waals surface area contributed by atoms with E-state index in [1.807, 2.05) is 21.1 Å². The third kappa shape index (κ3) is 31.8. The number of quaternary nitrogens is 1. The summed E-state index contributed by atoms with van der Waals surface area (Å²) >= 11 is 0. The molecule has 0 aromatic rings. The lowest BCUT2D eigenvalue weighted by Gasteiger charge is -2.30. The molecule has 0 aromatic heterocycles. The predicted octanol–water partition coefficient (Wildman–Crippen LogP) is 9.00. The van der Waals surface area contributed by atoms with E-state index in [1.54, 1.807) is 0 Å². The summed E-state index contributed by atoms with van der Waals surface area (Å²) in [6.45, 7) is 4.67. The van der Waals surface area contributed by atoms with Gasteiger partial charge in [0.2, 0.25) is 5.91 Å². The Balaban J connectivity index is 4.46. The first kappa shape index (κ1) is 45.2. The van der Waals surface area contributed by atoms with Crippen molar-refractivity contribution in [2.45, 2.75) is 180 Å². The molecule has 0 aliphatic heterocycles. The number of hydrogen-bond acceptors (Lipinski definition) is 6. The SMILES string of the molecule is CCCCCCC/C=C/CCCCCCCC(=O)N[C@@H](COP(=O)([O-])OCC[N+](C)(C)C)[C@H](O)CCCCCCCCCCCC. The van der Waals surface area contributed by atoms with Crippen molar-refractivity contribution < 1.29 is 32.9 Å². The van der Waals surface area contributed by atoms with E-state index in [9.17, 15) is 19.4 Å². The first-order valence-electron chi connectivity index (χ1n) is 19.0. The van der Waals surface area contributed by atoms with Crippen LogP contribution in [0.1, 0.15) is 168 Å². The van der Waals surface area contributed by atoms with Crippen LogP contribution in [0.15, 0.2) is 12.2 Å². The van der Waals surface area contributed by atoms with Gasteiger partial charge in [-0.15, -0.1) is 0 Å². The highest BCUT2D eigenvalue weighted by molar-refractivity contribution is 7.45. The third-order valence-electron chi connectivity index (χ3n) is 8.50. The molecule has 8 nitrogen and oxygen atoms in total. The second-order valence-electron chi connectivity index (χ2n) is 14.3. The Labute approximate surface area is 284 Å². The largest absolute Gasteiger partial charge is 0.756 e. The van der Waals surface area contributed by atoms with Gasteiger partial charge >= 0.3 is 0 Å². The van der Waals surface area contributed by atoms with Crippen LogP contribution in [0.4, 0.5) is 0 Å². The minimum absolute atomic E-state index is 0.0118. The number of carbonyl (C=O) groups excluding carboxylic acids is 1. The monoisotopic (exact) mass is 675 g/mol. The van der Waals surface area contributed by atoms with Crippen molar-refractivity contribution in [2.75, 3.05) is 40.9 Å². The zero-order chi connectivity index (χ0) is 34.4. The molecule has 0 bridgehead atoms. The smallest absolute Gasteiger partial charge is 0.268 e. The van der Waals surface area contributed by atoms with E-state index in [-0.39, 0.29) is 19.1 Å². The summed E-state index contributed by atoms with van der Waals surface area (Å²) in [6.07, 6.45) is 30.6. The van der Waals surface area contributed by atoms with Crippen LogP contribution < -0.4 is 10.2 Å². The highest BCUT2D eigenvalue weighted by Crippen LogP contribution is 2.38. The minimum Gasteiger partial charge on any atom is -0.756 e. The van der Waals surface area contributed by atoms with Gasteiger partial charge in [0.25, 0.3) is 7.82 Å². The number of amides is 1. The Morgan fingerprint density at radius 2 is 1.20 bits per heavy atom. The van der Waals surface area contributed by atoms with Crippen LogP contribution >= 0.6 is 7.82 Å². The van der Waals surface area contributed by atoms with Crippen LogP contribution in [-0.2, 0) is 18.4 Å². The van der Waals surface area contributed by atoms with E-state index in [0.29, 0.717) is 23.9 Å². The van der Waals surface area contributed by atoms with Crippen LogP contribution in [0.25, 0.3) is 0 Å². The molecule has 0 saturated heterocycles. The second kappa shape index (κ2) is 30.3. The molecule has 0 aliphatic carbocycles. The normalized spacial score (nSPS) is 14.8. The number of nitrogens with zero attached hydrogens (tertiary/aromatic N) is 1. The molecule has 2 N–H and O–H groups in total. The lowest BCUT2D eigenvalue weighted by atomic mass is 10.0. The van der Waals surface area contributed by atoms with Gasteiger partial charge in [-0.1, -0.05) is 135 Å². The second-order valence-corrected chi connectivity index (χ2v) is 15.7. The molecule has 3 atom stereocenters. The van der Waals surface area contributed by atoms with E-state index in [2.05, 4.69) is 31.3 Å². The molecule has 0 aromatic carbocycles. The third-order valence-corrected chi connectivity index (χ3v) is 9.47. The molecule has 0 aliphatic rings. The molecule has 0 fully saturated rings. The lowest BCUT2D eigenvalue weighted by molar-refractivity contribution is -0.870. The van der Waals surface area contributed by atoms with Gasteiger partial charge < -0.3 is 28.8 Å². The fraction of sp³-hybridized carbons (Fsp3) is 0.919. The standard InChI is InChI=1S/C37H75N2O6P/c1-6-8-10-12-14-16-18-19-20-21-23-25-27-29-31-37(41)38-35(34-45-46(42,43)44-33-32-39(3,4)5)36(40)30-28-26-24-22-17-15-13-11-9-7-2/h18-19,35-36,40H,6-17,20-34H2,1-5H3,(H-,38,41,42,43)/b19-18+/t35-,36+/m0/s1. The number of phosphoric ester groups is 1. The van der Waals surface area contributed by atoms with Gasteiger partial charge in [-0.3, -0.25) is 9.36 Å². The van der Waals surface area contributed by atoms with Gasteiger partial charge in [0, 0.05) is 6.42 Å². The molecule has 274 valence electrons. The summed E-state index contributed by atoms with van der Waals surface area (Å²) in [5, 5.41) is 13.8. The summed E-state index contributed by atoms with van der Waals surface area (Å²) < 4.78 is 23.1. The number of nitrogens with one attached hydrogen (secondary N) is 1. The van der Waals surface area contributed by atoms with Crippen LogP contribution in [-0.4, -0.2) is 68.5 Å². The fourth-order valence-corrected chi connectivity index (χ4v) is 6.11. The quantitative estimate of drug-likeness (QED) is 0.0305. The summed E-state index contributed by atoms with van der Waals surface area (Å²) in [5.74, 6) is -0.177. The summed E-state index contributed by atoms with van der Waals surface area (Å²) in [5.41, 5.74) is 0. The number of aliphatic hydroxyl groups excluding tert-OH is 1. The van der Waals surface area contributed by atoms with E-state index in [1.165, 1.54) is 89.9 Å². The van der Waals surface area contributed by atoms with E-state index >= 15 is 0 Å². The predicted molar refractivity (Wildman–Crippen MR) is 192 cm³/mol. The number of phosphoric acid groups is 1.